The van der Waals surface area contributed by atoms with Gasteiger partial charge in [-0.2, -0.15) is 0 Å². The van der Waals surface area contributed by atoms with E-state index in [-0.39, 0.29) is 17.4 Å². The molecule has 30 heavy (non-hydrogen) atoms. The van der Waals surface area contributed by atoms with E-state index in [1.807, 2.05) is 0 Å². The molecule has 1 saturated heterocycles. The fourth-order valence-corrected chi connectivity index (χ4v) is 3.63. The lowest BCUT2D eigenvalue weighted by Gasteiger charge is -2.23. The normalized spacial score (nSPS) is 16.3. The molecule has 0 bridgehead atoms. The largest absolute Gasteiger partial charge is 0.385 e. The van der Waals surface area contributed by atoms with Gasteiger partial charge in [0.2, 0.25) is 5.91 Å². The van der Waals surface area contributed by atoms with E-state index < -0.39 is 23.6 Å². The minimum atomic E-state index is -0.806. The zero-order chi connectivity index (χ0) is 21.7. The second-order valence-electron chi connectivity index (χ2n) is 6.75. The van der Waals surface area contributed by atoms with Gasteiger partial charge in [0.15, 0.2) is 5.11 Å². The Morgan fingerprint density at radius 3 is 2.30 bits per heavy atom. The van der Waals surface area contributed by atoms with Crippen LogP contribution in [0.2, 0.25) is 0 Å². The number of rotatable bonds is 8. The maximum Gasteiger partial charge on any atom is 0.256 e. The minimum Gasteiger partial charge on any atom is -0.385 e. The standard InChI is InChI=1S/C21H21F2N3O3S/c1-29-12-2-11-25-18(13-19(27)24-16-7-3-14(22)4-8-16)20(28)26(21(25)30)17-9-5-15(23)6-10-17/h3-10,18H,2,11-13H2,1H3,(H,24,27). The van der Waals surface area contributed by atoms with Gasteiger partial charge in [0.25, 0.3) is 5.91 Å². The zero-order valence-electron chi connectivity index (χ0n) is 16.3. The van der Waals surface area contributed by atoms with Crippen LogP contribution in [0.1, 0.15) is 12.8 Å². The molecule has 0 aliphatic carbocycles. The maximum absolute atomic E-state index is 13.3. The van der Waals surface area contributed by atoms with Crippen LogP contribution in [-0.2, 0) is 14.3 Å². The Morgan fingerprint density at radius 1 is 1.10 bits per heavy atom. The summed E-state index contributed by atoms with van der Waals surface area (Å²) in [6.45, 7) is 0.892. The zero-order valence-corrected chi connectivity index (χ0v) is 17.1. The Morgan fingerprint density at radius 2 is 1.70 bits per heavy atom. The van der Waals surface area contributed by atoms with Crippen molar-refractivity contribution in [2.24, 2.45) is 0 Å². The molecule has 1 aliphatic heterocycles. The molecular formula is C21H21F2N3O3S. The lowest BCUT2D eigenvalue weighted by molar-refractivity contribution is -0.124. The number of nitrogens with one attached hydrogen (secondary N) is 1. The van der Waals surface area contributed by atoms with Crippen molar-refractivity contribution < 1.29 is 23.1 Å². The van der Waals surface area contributed by atoms with Crippen LogP contribution in [-0.4, -0.2) is 48.1 Å². The molecule has 1 aliphatic rings. The summed E-state index contributed by atoms with van der Waals surface area (Å²) in [4.78, 5) is 28.7. The Bertz CT molecular complexity index is 922. The van der Waals surface area contributed by atoms with Crippen molar-refractivity contribution >= 4 is 40.5 Å². The minimum absolute atomic E-state index is 0.138. The fraction of sp³-hybridized carbons (Fsp3) is 0.286. The third kappa shape index (κ3) is 4.98. The molecule has 0 saturated carbocycles. The summed E-state index contributed by atoms with van der Waals surface area (Å²) in [7, 11) is 1.58. The number of amides is 2. The molecule has 1 unspecified atom stereocenters. The molecule has 0 aromatic heterocycles. The van der Waals surface area contributed by atoms with Crippen LogP contribution in [0.15, 0.2) is 48.5 Å². The monoisotopic (exact) mass is 433 g/mol. The van der Waals surface area contributed by atoms with Crippen molar-refractivity contribution in [3.63, 3.8) is 0 Å². The van der Waals surface area contributed by atoms with Gasteiger partial charge in [0.1, 0.15) is 17.7 Å². The number of halogens is 2. The highest BCUT2D eigenvalue weighted by molar-refractivity contribution is 7.80. The van der Waals surface area contributed by atoms with Crippen LogP contribution in [0, 0.1) is 11.6 Å². The van der Waals surface area contributed by atoms with Gasteiger partial charge in [-0.05, 0) is 67.2 Å². The molecule has 1 atom stereocenters. The van der Waals surface area contributed by atoms with Gasteiger partial charge in [-0.25, -0.2) is 8.78 Å². The number of hydrogen-bond donors (Lipinski definition) is 1. The molecule has 9 heteroatoms. The van der Waals surface area contributed by atoms with E-state index in [1.165, 1.54) is 53.4 Å². The Balaban J connectivity index is 1.78. The number of benzene rings is 2. The third-order valence-electron chi connectivity index (χ3n) is 4.66. The maximum atomic E-state index is 13.3. The SMILES string of the molecule is COCCCN1C(=S)N(c2ccc(F)cc2)C(=O)C1CC(=O)Nc1ccc(F)cc1. The summed E-state index contributed by atoms with van der Waals surface area (Å²) in [5.74, 6) is -1.61. The number of thiocarbonyl (C=S) groups is 1. The number of anilines is 2. The number of ether oxygens (including phenoxy) is 1. The molecule has 0 spiro atoms. The molecule has 158 valence electrons. The third-order valence-corrected chi connectivity index (χ3v) is 5.07. The summed E-state index contributed by atoms with van der Waals surface area (Å²) in [6, 6.07) is 9.97. The van der Waals surface area contributed by atoms with Crippen molar-refractivity contribution in [1.82, 2.24) is 4.90 Å². The lowest BCUT2D eigenvalue weighted by atomic mass is 10.1. The first-order valence-electron chi connectivity index (χ1n) is 9.35. The molecule has 6 nitrogen and oxygen atoms in total. The summed E-state index contributed by atoms with van der Waals surface area (Å²) in [5, 5.41) is 2.91. The van der Waals surface area contributed by atoms with E-state index in [0.717, 1.165) is 0 Å². The van der Waals surface area contributed by atoms with E-state index in [2.05, 4.69) is 5.32 Å². The van der Waals surface area contributed by atoms with E-state index in [1.54, 1.807) is 12.0 Å². The number of carbonyl (C=O) groups excluding carboxylic acids is 2. The number of carbonyl (C=O) groups is 2. The average Bonchev–Trinajstić information content (AvgIpc) is 2.94. The van der Waals surface area contributed by atoms with E-state index in [4.69, 9.17) is 17.0 Å². The Hall–Kier alpha value is -2.91. The second-order valence-corrected chi connectivity index (χ2v) is 7.11. The first-order chi connectivity index (χ1) is 14.4. The summed E-state index contributed by atoms with van der Waals surface area (Å²) in [6.07, 6.45) is 0.471. The van der Waals surface area contributed by atoms with Gasteiger partial charge in [-0.3, -0.25) is 14.5 Å². The van der Waals surface area contributed by atoms with E-state index in [9.17, 15) is 18.4 Å². The highest BCUT2D eigenvalue weighted by Gasteiger charge is 2.43. The van der Waals surface area contributed by atoms with E-state index >= 15 is 0 Å². The van der Waals surface area contributed by atoms with Crippen LogP contribution in [0.5, 0.6) is 0 Å². The van der Waals surface area contributed by atoms with Crippen LogP contribution in [0.3, 0.4) is 0 Å². The van der Waals surface area contributed by atoms with Gasteiger partial charge in [0.05, 0.1) is 12.1 Å². The van der Waals surface area contributed by atoms with Crippen molar-refractivity contribution in [1.29, 1.82) is 0 Å². The van der Waals surface area contributed by atoms with Crippen molar-refractivity contribution in [2.75, 3.05) is 30.5 Å². The van der Waals surface area contributed by atoms with Gasteiger partial charge in [-0.1, -0.05) is 0 Å². The Kier molecular flexibility index (Phi) is 7.07. The Labute approximate surface area is 178 Å². The van der Waals surface area contributed by atoms with Gasteiger partial charge in [0, 0.05) is 25.9 Å². The molecule has 2 aromatic carbocycles. The first kappa shape index (κ1) is 21.8. The molecule has 2 amide bonds. The smallest absolute Gasteiger partial charge is 0.256 e. The van der Waals surface area contributed by atoms with Crippen LogP contribution >= 0.6 is 12.2 Å². The lowest BCUT2D eigenvalue weighted by Crippen LogP contribution is -2.38. The molecule has 1 heterocycles. The molecule has 1 N–H and O–H groups in total. The number of nitrogens with zero attached hydrogens (tertiary/aromatic N) is 2. The first-order valence-corrected chi connectivity index (χ1v) is 9.76. The van der Waals surface area contributed by atoms with Crippen LogP contribution in [0.25, 0.3) is 0 Å². The van der Waals surface area contributed by atoms with Crippen molar-refractivity contribution in [2.45, 2.75) is 18.9 Å². The number of methoxy groups -OCH3 is 1. The molecule has 3 rings (SSSR count). The highest BCUT2D eigenvalue weighted by atomic mass is 32.1. The molecular weight excluding hydrogens is 412 g/mol. The van der Waals surface area contributed by atoms with Crippen LogP contribution < -0.4 is 10.2 Å². The summed E-state index contributed by atoms with van der Waals surface area (Å²) in [5.41, 5.74) is 0.861. The quantitative estimate of drug-likeness (QED) is 0.511. The van der Waals surface area contributed by atoms with Crippen molar-refractivity contribution in [3.8, 4) is 0 Å². The fourth-order valence-electron chi connectivity index (χ4n) is 3.22. The number of hydrogen-bond acceptors (Lipinski definition) is 4. The van der Waals surface area contributed by atoms with Gasteiger partial charge >= 0.3 is 0 Å². The van der Waals surface area contributed by atoms with Gasteiger partial charge < -0.3 is 15.0 Å². The topological polar surface area (TPSA) is 61.9 Å². The van der Waals surface area contributed by atoms with E-state index in [0.29, 0.717) is 30.9 Å². The second kappa shape index (κ2) is 9.73. The summed E-state index contributed by atoms with van der Waals surface area (Å²) < 4.78 is 31.4. The average molecular weight is 433 g/mol. The summed E-state index contributed by atoms with van der Waals surface area (Å²) >= 11 is 5.50. The molecule has 2 aromatic rings. The predicted octanol–water partition coefficient (Wildman–Crippen LogP) is 3.33. The van der Waals surface area contributed by atoms with Crippen LogP contribution in [0.4, 0.5) is 20.2 Å². The predicted molar refractivity (Wildman–Crippen MR) is 113 cm³/mol. The van der Waals surface area contributed by atoms with Gasteiger partial charge in [-0.15, -0.1) is 0 Å². The molecule has 1 fully saturated rings. The highest BCUT2D eigenvalue weighted by Crippen LogP contribution is 2.28. The van der Waals surface area contributed by atoms with Crippen molar-refractivity contribution in [3.05, 3.63) is 60.2 Å². The molecule has 0 radical (unpaired) electrons.